The minimum absolute atomic E-state index is 0.240. The minimum Gasteiger partial charge on any atom is -0.293 e. The Morgan fingerprint density at radius 3 is 2.29 bits per heavy atom. The summed E-state index contributed by atoms with van der Waals surface area (Å²) in [5.41, 5.74) is 3.51. The second kappa shape index (κ2) is 6.13. The van der Waals surface area contributed by atoms with Crippen LogP contribution >= 0.6 is 0 Å². The molecule has 116 valence electrons. The maximum Gasteiger partial charge on any atom is 0.138 e. The van der Waals surface area contributed by atoms with E-state index in [0.29, 0.717) is 5.56 Å². The van der Waals surface area contributed by atoms with E-state index < -0.39 is 0 Å². The summed E-state index contributed by atoms with van der Waals surface area (Å²) < 4.78 is 15.9. The lowest BCUT2D eigenvalue weighted by atomic mass is 10.2. The lowest BCUT2D eigenvalue weighted by Gasteiger charge is -2.06. The molecular formula is C21H15FN2. The van der Waals surface area contributed by atoms with Crippen LogP contribution in [0.2, 0.25) is 0 Å². The van der Waals surface area contributed by atoms with E-state index in [1.807, 2.05) is 66.7 Å². The van der Waals surface area contributed by atoms with Crippen molar-refractivity contribution in [2.75, 3.05) is 0 Å². The molecule has 0 atom stereocenters. The van der Waals surface area contributed by atoms with Crippen LogP contribution in [-0.4, -0.2) is 9.55 Å². The Bertz CT molecular complexity index is 1020. The van der Waals surface area contributed by atoms with Gasteiger partial charge in [-0.3, -0.25) is 4.57 Å². The topological polar surface area (TPSA) is 17.8 Å². The summed E-state index contributed by atoms with van der Waals surface area (Å²) in [4.78, 5) is 4.69. The average molecular weight is 314 g/mol. The molecule has 1 heterocycles. The van der Waals surface area contributed by atoms with E-state index in [2.05, 4.69) is 9.55 Å². The zero-order chi connectivity index (χ0) is 16.4. The number of nitrogens with zero attached hydrogens (tertiary/aromatic N) is 2. The number of fused-ring (bicyclic) bond motifs is 1. The molecule has 0 saturated heterocycles. The van der Waals surface area contributed by atoms with Gasteiger partial charge >= 0.3 is 0 Å². The third kappa shape index (κ3) is 2.61. The number of hydrogen-bond acceptors (Lipinski definition) is 1. The van der Waals surface area contributed by atoms with Crippen LogP contribution in [-0.2, 0) is 0 Å². The third-order valence-electron chi connectivity index (χ3n) is 3.92. The molecule has 0 fully saturated rings. The number of benzene rings is 3. The highest BCUT2D eigenvalue weighted by molar-refractivity contribution is 5.82. The van der Waals surface area contributed by atoms with Crippen molar-refractivity contribution in [2.45, 2.75) is 0 Å². The van der Waals surface area contributed by atoms with Crippen LogP contribution in [0.5, 0.6) is 0 Å². The molecule has 2 nitrogen and oxygen atoms in total. The van der Waals surface area contributed by atoms with Gasteiger partial charge in [-0.25, -0.2) is 9.37 Å². The van der Waals surface area contributed by atoms with E-state index in [1.165, 1.54) is 6.07 Å². The molecule has 1 aromatic heterocycles. The number of hydrogen-bond donors (Lipinski definition) is 0. The Hall–Kier alpha value is -3.20. The van der Waals surface area contributed by atoms with E-state index >= 15 is 0 Å². The maximum atomic E-state index is 13.8. The molecule has 0 unspecified atom stereocenters. The van der Waals surface area contributed by atoms with Gasteiger partial charge in [0.2, 0.25) is 0 Å². The highest BCUT2D eigenvalue weighted by atomic mass is 19.1. The van der Waals surface area contributed by atoms with Crippen LogP contribution < -0.4 is 0 Å². The highest BCUT2D eigenvalue weighted by Gasteiger charge is 2.09. The molecule has 0 amide bonds. The normalized spacial score (nSPS) is 11.4. The van der Waals surface area contributed by atoms with Crippen molar-refractivity contribution < 1.29 is 4.39 Å². The van der Waals surface area contributed by atoms with Crippen LogP contribution in [0.25, 0.3) is 28.9 Å². The third-order valence-corrected chi connectivity index (χ3v) is 3.92. The predicted molar refractivity (Wildman–Crippen MR) is 96.4 cm³/mol. The average Bonchev–Trinajstić information content (AvgIpc) is 3.00. The zero-order valence-corrected chi connectivity index (χ0v) is 12.9. The van der Waals surface area contributed by atoms with E-state index in [4.69, 9.17) is 0 Å². The summed E-state index contributed by atoms with van der Waals surface area (Å²) in [6.45, 7) is 0. The van der Waals surface area contributed by atoms with Gasteiger partial charge in [0.15, 0.2) is 0 Å². The molecule has 0 aliphatic carbocycles. The van der Waals surface area contributed by atoms with E-state index in [0.717, 1.165) is 22.5 Å². The van der Waals surface area contributed by atoms with Crippen molar-refractivity contribution in [3.05, 3.63) is 96.1 Å². The summed E-state index contributed by atoms with van der Waals surface area (Å²) in [6.07, 6.45) is 3.61. The van der Waals surface area contributed by atoms with Crippen LogP contribution in [0.4, 0.5) is 4.39 Å². The predicted octanol–water partition coefficient (Wildman–Crippen LogP) is 5.34. The van der Waals surface area contributed by atoms with Crippen LogP contribution in [0.3, 0.4) is 0 Å². The van der Waals surface area contributed by atoms with Gasteiger partial charge in [0, 0.05) is 11.3 Å². The Kier molecular flexibility index (Phi) is 3.67. The molecule has 0 aliphatic rings. The number of aromatic nitrogens is 2. The fourth-order valence-electron chi connectivity index (χ4n) is 2.78. The number of rotatable bonds is 3. The second-order valence-corrected chi connectivity index (χ2v) is 5.48. The SMILES string of the molecule is Fc1ccccc1/C=C/c1nc2ccccc2n1-c1ccccc1. The molecule has 4 aromatic rings. The largest absolute Gasteiger partial charge is 0.293 e. The van der Waals surface area contributed by atoms with Crippen LogP contribution in [0.15, 0.2) is 78.9 Å². The lowest BCUT2D eigenvalue weighted by molar-refractivity contribution is 0.625. The zero-order valence-electron chi connectivity index (χ0n) is 12.9. The molecule has 0 saturated carbocycles. The second-order valence-electron chi connectivity index (χ2n) is 5.48. The monoisotopic (exact) mass is 314 g/mol. The van der Waals surface area contributed by atoms with E-state index in [-0.39, 0.29) is 5.82 Å². The molecule has 0 bridgehead atoms. The van der Waals surface area contributed by atoms with Gasteiger partial charge < -0.3 is 0 Å². The first-order chi connectivity index (χ1) is 11.8. The van der Waals surface area contributed by atoms with Crippen molar-refractivity contribution in [3.63, 3.8) is 0 Å². The van der Waals surface area contributed by atoms with Crippen molar-refractivity contribution in [1.82, 2.24) is 9.55 Å². The molecular weight excluding hydrogens is 299 g/mol. The summed E-state index contributed by atoms with van der Waals surface area (Å²) in [6, 6.07) is 24.7. The quantitative estimate of drug-likeness (QED) is 0.499. The van der Waals surface area contributed by atoms with Gasteiger partial charge in [0.05, 0.1) is 11.0 Å². The Labute approximate surface area is 139 Å². The van der Waals surface area contributed by atoms with E-state index in [9.17, 15) is 4.39 Å². The molecule has 4 rings (SSSR count). The standard InChI is InChI=1S/C21H15FN2/c22-18-11-5-4-8-16(18)14-15-21-23-19-12-6-7-13-20(19)24(21)17-9-2-1-3-10-17/h1-15H/b15-14+. The summed E-state index contributed by atoms with van der Waals surface area (Å²) in [5.74, 6) is 0.529. The molecule has 24 heavy (non-hydrogen) atoms. The van der Waals surface area contributed by atoms with Crippen molar-refractivity contribution >= 4 is 23.2 Å². The first-order valence-electron chi connectivity index (χ1n) is 7.78. The summed E-state index contributed by atoms with van der Waals surface area (Å²) >= 11 is 0. The first-order valence-corrected chi connectivity index (χ1v) is 7.78. The number of halogens is 1. The Morgan fingerprint density at radius 1 is 0.750 bits per heavy atom. The molecule has 0 aliphatic heterocycles. The smallest absolute Gasteiger partial charge is 0.138 e. The van der Waals surface area contributed by atoms with Gasteiger partial charge in [0.25, 0.3) is 0 Å². The van der Waals surface area contributed by atoms with Gasteiger partial charge in [-0.05, 0) is 42.5 Å². The molecule has 3 aromatic carbocycles. The Balaban J connectivity index is 1.88. The summed E-state index contributed by atoms with van der Waals surface area (Å²) in [5, 5.41) is 0. The molecule has 0 N–H and O–H groups in total. The van der Waals surface area contributed by atoms with Gasteiger partial charge in [-0.15, -0.1) is 0 Å². The van der Waals surface area contributed by atoms with E-state index in [1.54, 1.807) is 18.2 Å². The van der Waals surface area contributed by atoms with Crippen molar-refractivity contribution in [1.29, 1.82) is 0 Å². The number of imidazole rings is 1. The minimum atomic E-state index is -0.240. The van der Waals surface area contributed by atoms with Gasteiger partial charge in [-0.1, -0.05) is 48.5 Å². The fourth-order valence-corrected chi connectivity index (χ4v) is 2.78. The summed E-state index contributed by atoms with van der Waals surface area (Å²) in [7, 11) is 0. The Morgan fingerprint density at radius 2 is 1.46 bits per heavy atom. The highest BCUT2D eigenvalue weighted by Crippen LogP contribution is 2.23. The maximum absolute atomic E-state index is 13.8. The van der Waals surface area contributed by atoms with Gasteiger partial charge in [-0.2, -0.15) is 0 Å². The molecule has 0 spiro atoms. The van der Waals surface area contributed by atoms with Crippen molar-refractivity contribution in [3.8, 4) is 5.69 Å². The lowest BCUT2D eigenvalue weighted by Crippen LogP contribution is -1.96. The molecule has 3 heteroatoms. The number of para-hydroxylation sites is 3. The van der Waals surface area contributed by atoms with Crippen molar-refractivity contribution in [2.24, 2.45) is 0 Å². The van der Waals surface area contributed by atoms with Gasteiger partial charge in [0.1, 0.15) is 11.6 Å². The molecule has 0 radical (unpaired) electrons. The first kappa shape index (κ1) is 14.4. The van der Waals surface area contributed by atoms with Crippen LogP contribution in [0.1, 0.15) is 11.4 Å². The fraction of sp³-hybridized carbons (Fsp3) is 0. The van der Waals surface area contributed by atoms with Crippen LogP contribution in [0, 0.1) is 5.82 Å².